The normalized spacial score (nSPS) is 35.9. The van der Waals surface area contributed by atoms with Crippen LogP contribution in [0.2, 0.25) is 0 Å². The lowest BCUT2D eigenvalue weighted by Gasteiger charge is -2.38. The largest absolute Gasteiger partial charge is 0.448 e. The fourth-order valence-corrected chi connectivity index (χ4v) is 1.77. The number of ether oxygens (including phenoxy) is 2. The van der Waals surface area contributed by atoms with Crippen LogP contribution in [-0.4, -0.2) is 22.6 Å². The molecule has 0 aromatic rings. The molecule has 1 aliphatic heterocycles. The molecule has 1 saturated heterocycles. The number of halogens is 3. The molecule has 2 unspecified atom stereocenters. The minimum absolute atomic E-state index is 0.163. The maximum Gasteiger partial charge on any atom is 0.265 e. The molecule has 0 amide bonds. The van der Waals surface area contributed by atoms with Crippen molar-refractivity contribution < 1.29 is 9.47 Å². The standard InChI is InChI=1S/C10H16Cl3NO2/c1-5-4-15-8(7(3)6(5)2)16-9(14)10(11,12)13/h5-8,14H,4H2,1-3H3/t5-,6+,7?,8?/m1/s1. The number of hydrogen-bond acceptors (Lipinski definition) is 3. The second-order valence-electron chi connectivity index (χ2n) is 4.34. The highest BCUT2D eigenvalue weighted by atomic mass is 35.6. The number of nitrogens with one attached hydrogen (secondary N) is 1. The van der Waals surface area contributed by atoms with Crippen molar-refractivity contribution in [3.63, 3.8) is 0 Å². The Morgan fingerprint density at radius 1 is 1.25 bits per heavy atom. The van der Waals surface area contributed by atoms with Crippen LogP contribution in [0.25, 0.3) is 0 Å². The third-order valence-electron chi connectivity index (χ3n) is 3.17. The molecule has 0 aromatic carbocycles. The van der Waals surface area contributed by atoms with Gasteiger partial charge in [-0.3, -0.25) is 5.41 Å². The van der Waals surface area contributed by atoms with Crippen molar-refractivity contribution in [1.29, 1.82) is 5.41 Å². The molecule has 1 aliphatic rings. The molecule has 1 N–H and O–H groups in total. The molecule has 0 spiro atoms. The van der Waals surface area contributed by atoms with E-state index in [1.807, 2.05) is 6.92 Å². The minimum atomic E-state index is -1.82. The molecule has 6 heteroatoms. The third kappa shape index (κ3) is 3.39. The molecular formula is C10H16Cl3NO2. The van der Waals surface area contributed by atoms with E-state index in [0.717, 1.165) is 0 Å². The number of rotatable bonds is 1. The van der Waals surface area contributed by atoms with Crippen LogP contribution in [0, 0.1) is 23.2 Å². The van der Waals surface area contributed by atoms with Crippen molar-refractivity contribution in [3.8, 4) is 0 Å². The van der Waals surface area contributed by atoms with Crippen LogP contribution in [0.4, 0.5) is 0 Å². The molecule has 1 fully saturated rings. The molecule has 1 heterocycles. The van der Waals surface area contributed by atoms with Gasteiger partial charge in [-0.05, 0) is 11.8 Å². The first-order valence-electron chi connectivity index (χ1n) is 5.17. The molecule has 3 nitrogen and oxygen atoms in total. The molecule has 4 atom stereocenters. The van der Waals surface area contributed by atoms with Crippen molar-refractivity contribution in [1.82, 2.24) is 0 Å². The smallest absolute Gasteiger partial charge is 0.265 e. The lowest BCUT2D eigenvalue weighted by Crippen LogP contribution is -2.42. The zero-order valence-electron chi connectivity index (χ0n) is 9.47. The van der Waals surface area contributed by atoms with Gasteiger partial charge in [0, 0.05) is 5.92 Å². The number of alkyl halides is 3. The van der Waals surface area contributed by atoms with Gasteiger partial charge in [0.15, 0.2) is 0 Å². The summed E-state index contributed by atoms with van der Waals surface area (Å²) in [5.74, 6) is 0.686. The van der Waals surface area contributed by atoms with Crippen molar-refractivity contribution in [2.45, 2.75) is 30.9 Å². The Morgan fingerprint density at radius 2 is 1.81 bits per heavy atom. The van der Waals surface area contributed by atoms with Crippen LogP contribution >= 0.6 is 34.8 Å². The van der Waals surface area contributed by atoms with E-state index in [0.29, 0.717) is 18.4 Å². The predicted octanol–water partition coefficient (Wildman–Crippen LogP) is 3.62. The summed E-state index contributed by atoms with van der Waals surface area (Å²) in [6, 6.07) is 0. The quantitative estimate of drug-likeness (QED) is 0.455. The van der Waals surface area contributed by atoms with Crippen molar-refractivity contribution in [3.05, 3.63) is 0 Å². The van der Waals surface area contributed by atoms with Gasteiger partial charge in [0.25, 0.3) is 3.79 Å². The third-order valence-corrected chi connectivity index (χ3v) is 3.69. The zero-order chi connectivity index (χ0) is 12.5. The molecule has 0 saturated carbocycles. The first kappa shape index (κ1) is 14.4. The Kier molecular flexibility index (Phi) is 4.76. The fourth-order valence-electron chi connectivity index (χ4n) is 1.64. The molecule has 0 bridgehead atoms. The van der Waals surface area contributed by atoms with Gasteiger partial charge in [0.2, 0.25) is 12.2 Å². The Balaban J connectivity index is 2.59. The monoisotopic (exact) mass is 287 g/mol. The molecule has 0 radical (unpaired) electrons. The average molecular weight is 289 g/mol. The van der Waals surface area contributed by atoms with E-state index in [1.54, 1.807) is 0 Å². The Labute approximate surface area is 111 Å². The van der Waals surface area contributed by atoms with Crippen LogP contribution in [0.3, 0.4) is 0 Å². The van der Waals surface area contributed by atoms with Crippen LogP contribution in [-0.2, 0) is 9.47 Å². The second-order valence-corrected chi connectivity index (χ2v) is 6.62. The van der Waals surface area contributed by atoms with Gasteiger partial charge in [-0.1, -0.05) is 55.6 Å². The van der Waals surface area contributed by atoms with Gasteiger partial charge >= 0.3 is 0 Å². The Bertz CT molecular complexity index is 267. The molecule has 94 valence electrons. The predicted molar refractivity (Wildman–Crippen MR) is 66.3 cm³/mol. The summed E-state index contributed by atoms with van der Waals surface area (Å²) in [4.78, 5) is 0. The van der Waals surface area contributed by atoms with E-state index in [4.69, 9.17) is 49.7 Å². The van der Waals surface area contributed by atoms with Gasteiger partial charge in [-0.25, -0.2) is 0 Å². The van der Waals surface area contributed by atoms with Crippen molar-refractivity contribution in [2.24, 2.45) is 17.8 Å². The van der Waals surface area contributed by atoms with Crippen LogP contribution in [0.1, 0.15) is 20.8 Å². The van der Waals surface area contributed by atoms with Crippen molar-refractivity contribution >= 4 is 40.7 Å². The maximum absolute atomic E-state index is 7.48. The fraction of sp³-hybridized carbons (Fsp3) is 0.900. The van der Waals surface area contributed by atoms with E-state index in [1.165, 1.54) is 0 Å². The van der Waals surface area contributed by atoms with E-state index >= 15 is 0 Å². The molecule has 0 aromatic heterocycles. The summed E-state index contributed by atoms with van der Waals surface area (Å²) in [5, 5.41) is 7.48. The Morgan fingerprint density at radius 3 is 2.31 bits per heavy atom. The van der Waals surface area contributed by atoms with Crippen LogP contribution in [0.15, 0.2) is 0 Å². The highest BCUT2D eigenvalue weighted by Crippen LogP contribution is 2.34. The molecule has 16 heavy (non-hydrogen) atoms. The van der Waals surface area contributed by atoms with Gasteiger partial charge in [-0.2, -0.15) is 0 Å². The number of hydrogen-bond donors (Lipinski definition) is 1. The zero-order valence-corrected chi connectivity index (χ0v) is 11.7. The minimum Gasteiger partial charge on any atom is -0.448 e. The lowest BCUT2D eigenvalue weighted by molar-refractivity contribution is -0.179. The van der Waals surface area contributed by atoms with E-state index in [-0.39, 0.29) is 5.92 Å². The summed E-state index contributed by atoms with van der Waals surface area (Å²) in [6.07, 6.45) is -0.505. The average Bonchev–Trinajstić information content (AvgIpc) is 2.17. The van der Waals surface area contributed by atoms with E-state index in [2.05, 4.69) is 13.8 Å². The summed E-state index contributed by atoms with van der Waals surface area (Å²) >= 11 is 16.6. The van der Waals surface area contributed by atoms with E-state index in [9.17, 15) is 0 Å². The summed E-state index contributed by atoms with van der Waals surface area (Å²) in [5.41, 5.74) is 0. The first-order chi connectivity index (χ1) is 7.23. The van der Waals surface area contributed by atoms with Gasteiger partial charge in [-0.15, -0.1) is 0 Å². The molecule has 1 rings (SSSR count). The van der Waals surface area contributed by atoms with Gasteiger partial charge in [0.1, 0.15) is 0 Å². The Hall–Kier alpha value is 0.300. The first-order valence-corrected chi connectivity index (χ1v) is 6.31. The summed E-state index contributed by atoms with van der Waals surface area (Å²) < 4.78 is 8.93. The second kappa shape index (κ2) is 5.30. The van der Waals surface area contributed by atoms with E-state index < -0.39 is 16.0 Å². The molecule has 0 aliphatic carbocycles. The van der Waals surface area contributed by atoms with Gasteiger partial charge in [0.05, 0.1) is 6.61 Å². The highest BCUT2D eigenvalue weighted by Gasteiger charge is 2.38. The summed E-state index contributed by atoms with van der Waals surface area (Å²) in [7, 11) is 0. The van der Waals surface area contributed by atoms with Crippen LogP contribution in [0.5, 0.6) is 0 Å². The highest BCUT2D eigenvalue weighted by molar-refractivity contribution is 6.76. The van der Waals surface area contributed by atoms with Crippen molar-refractivity contribution in [2.75, 3.05) is 6.61 Å². The SMILES string of the molecule is CC1C(OC(=N)C(Cl)(Cl)Cl)OC[C@@H](C)[C@@H]1C. The van der Waals surface area contributed by atoms with Crippen LogP contribution < -0.4 is 0 Å². The molecular weight excluding hydrogens is 272 g/mol. The maximum atomic E-state index is 7.48. The topological polar surface area (TPSA) is 42.3 Å². The summed E-state index contributed by atoms with van der Waals surface area (Å²) in [6.45, 7) is 6.87. The van der Waals surface area contributed by atoms with Gasteiger partial charge < -0.3 is 9.47 Å². The lowest BCUT2D eigenvalue weighted by atomic mass is 9.83.